The van der Waals surface area contributed by atoms with Gasteiger partial charge in [-0.25, -0.2) is 0 Å². The number of nitrogens with zero attached hydrogens (tertiary/aromatic N) is 1. The molecule has 0 saturated heterocycles. The minimum atomic E-state index is -0.790. The Bertz CT molecular complexity index is 257. The van der Waals surface area contributed by atoms with E-state index >= 15 is 0 Å². The lowest BCUT2D eigenvalue weighted by Crippen LogP contribution is -2.44. The van der Waals surface area contributed by atoms with Crippen LogP contribution in [0.2, 0.25) is 0 Å². The summed E-state index contributed by atoms with van der Waals surface area (Å²) in [5.74, 6) is -0.119. The van der Waals surface area contributed by atoms with Gasteiger partial charge < -0.3 is 10.2 Å². The van der Waals surface area contributed by atoms with Gasteiger partial charge in [-0.3, -0.25) is 9.69 Å². The quantitative estimate of drug-likeness (QED) is 0.713. The van der Waals surface area contributed by atoms with E-state index in [9.17, 15) is 9.90 Å². The molecule has 0 spiro atoms. The van der Waals surface area contributed by atoms with Gasteiger partial charge in [0.15, 0.2) is 0 Å². The van der Waals surface area contributed by atoms with Crippen molar-refractivity contribution in [2.45, 2.75) is 44.1 Å². The summed E-state index contributed by atoms with van der Waals surface area (Å²) in [6.45, 7) is 1.45. The summed E-state index contributed by atoms with van der Waals surface area (Å²) >= 11 is 0. The number of aliphatic carboxylic acids is 1. The van der Waals surface area contributed by atoms with Crippen molar-refractivity contribution < 1.29 is 15.0 Å². The Labute approximate surface area is 96.3 Å². The zero-order chi connectivity index (χ0) is 11.6. The highest BCUT2D eigenvalue weighted by molar-refractivity contribution is 5.69. The average molecular weight is 227 g/mol. The number of carboxylic acids is 1. The van der Waals surface area contributed by atoms with E-state index in [1.165, 1.54) is 12.8 Å². The van der Waals surface area contributed by atoms with Crippen LogP contribution in [-0.4, -0.2) is 46.3 Å². The van der Waals surface area contributed by atoms with Crippen LogP contribution < -0.4 is 0 Å². The Morgan fingerprint density at radius 1 is 1.31 bits per heavy atom. The molecular formula is C12H21NO3. The van der Waals surface area contributed by atoms with E-state index < -0.39 is 11.6 Å². The molecule has 16 heavy (non-hydrogen) atoms. The van der Waals surface area contributed by atoms with Gasteiger partial charge in [0.05, 0.1) is 12.1 Å². The fourth-order valence-corrected chi connectivity index (χ4v) is 2.65. The Morgan fingerprint density at radius 3 is 2.44 bits per heavy atom. The maximum Gasteiger partial charge on any atom is 0.317 e. The van der Waals surface area contributed by atoms with Crippen LogP contribution >= 0.6 is 0 Å². The summed E-state index contributed by atoms with van der Waals surface area (Å²) in [6.07, 6.45) is 6.23. The summed E-state index contributed by atoms with van der Waals surface area (Å²) in [5, 5.41) is 19.1. The molecule has 0 aromatic heterocycles. The summed E-state index contributed by atoms with van der Waals surface area (Å²) in [4.78, 5) is 12.7. The molecule has 2 N–H and O–H groups in total. The lowest BCUT2D eigenvalue weighted by Gasteiger charge is -2.30. The Kier molecular flexibility index (Phi) is 3.50. The molecule has 0 aromatic carbocycles. The molecule has 2 aliphatic carbocycles. The number of carbonyl (C=O) groups is 1. The number of aliphatic hydroxyl groups is 1. The summed E-state index contributed by atoms with van der Waals surface area (Å²) < 4.78 is 0. The smallest absolute Gasteiger partial charge is 0.317 e. The van der Waals surface area contributed by atoms with Crippen LogP contribution in [0.15, 0.2) is 0 Å². The normalized spacial score (nSPS) is 23.9. The highest BCUT2D eigenvalue weighted by atomic mass is 16.4. The monoisotopic (exact) mass is 227 g/mol. The number of rotatable bonds is 6. The Balaban J connectivity index is 1.86. The molecule has 4 heteroatoms. The second-order valence-corrected chi connectivity index (χ2v) is 5.44. The van der Waals surface area contributed by atoms with Gasteiger partial charge in [-0.1, -0.05) is 12.8 Å². The van der Waals surface area contributed by atoms with Crippen molar-refractivity contribution in [2.75, 3.05) is 19.6 Å². The van der Waals surface area contributed by atoms with Crippen molar-refractivity contribution in [1.29, 1.82) is 0 Å². The van der Waals surface area contributed by atoms with Gasteiger partial charge in [0, 0.05) is 13.1 Å². The van der Waals surface area contributed by atoms with Gasteiger partial charge in [0.1, 0.15) is 0 Å². The zero-order valence-electron chi connectivity index (χ0n) is 9.69. The van der Waals surface area contributed by atoms with Crippen molar-refractivity contribution in [3.63, 3.8) is 0 Å². The van der Waals surface area contributed by atoms with Crippen LogP contribution in [0.4, 0.5) is 0 Å². The predicted octanol–water partition coefficient (Wildman–Crippen LogP) is 1.09. The highest BCUT2D eigenvalue weighted by Gasteiger charge is 2.35. The molecule has 0 aromatic rings. The molecule has 0 heterocycles. The number of carboxylic acid groups (broad SMARTS) is 1. The average Bonchev–Trinajstić information content (AvgIpc) is 2.87. The fourth-order valence-electron chi connectivity index (χ4n) is 2.65. The molecular weight excluding hydrogens is 206 g/mol. The van der Waals surface area contributed by atoms with E-state index in [0.29, 0.717) is 12.5 Å². The Hall–Kier alpha value is -0.610. The maximum atomic E-state index is 10.8. The van der Waals surface area contributed by atoms with Crippen molar-refractivity contribution in [2.24, 2.45) is 5.92 Å². The highest BCUT2D eigenvalue weighted by Crippen LogP contribution is 2.33. The van der Waals surface area contributed by atoms with Gasteiger partial charge in [0.25, 0.3) is 0 Å². The molecule has 0 unspecified atom stereocenters. The van der Waals surface area contributed by atoms with Crippen molar-refractivity contribution >= 4 is 5.97 Å². The third kappa shape index (κ3) is 3.46. The first-order valence-corrected chi connectivity index (χ1v) is 6.24. The number of hydrogen-bond acceptors (Lipinski definition) is 3. The van der Waals surface area contributed by atoms with Gasteiger partial charge in [-0.05, 0) is 31.6 Å². The van der Waals surface area contributed by atoms with Gasteiger partial charge >= 0.3 is 5.97 Å². The lowest BCUT2D eigenvalue weighted by molar-refractivity contribution is -0.139. The molecule has 92 valence electrons. The second kappa shape index (κ2) is 4.72. The van der Waals surface area contributed by atoms with Crippen LogP contribution in [-0.2, 0) is 4.79 Å². The van der Waals surface area contributed by atoms with Crippen LogP contribution in [0.5, 0.6) is 0 Å². The largest absolute Gasteiger partial charge is 0.480 e. The molecule has 0 aliphatic heterocycles. The fraction of sp³-hybridized carbons (Fsp3) is 0.917. The first kappa shape index (κ1) is 11.9. The topological polar surface area (TPSA) is 60.8 Å². The van der Waals surface area contributed by atoms with Gasteiger partial charge in [-0.15, -0.1) is 0 Å². The summed E-state index contributed by atoms with van der Waals surface area (Å²) in [6, 6.07) is 0. The number of hydrogen-bond donors (Lipinski definition) is 2. The molecule has 0 atom stereocenters. The standard InChI is InChI=1S/C12H21NO3/c14-11(15)8-13(7-10-3-4-10)9-12(16)5-1-2-6-12/h10,16H,1-9H2,(H,14,15). The zero-order valence-corrected chi connectivity index (χ0v) is 9.69. The molecule has 0 amide bonds. The van der Waals surface area contributed by atoms with E-state index in [2.05, 4.69) is 0 Å². The van der Waals surface area contributed by atoms with E-state index in [-0.39, 0.29) is 6.54 Å². The van der Waals surface area contributed by atoms with Crippen molar-refractivity contribution in [3.8, 4) is 0 Å². The molecule has 2 rings (SSSR count). The first-order chi connectivity index (χ1) is 7.57. The third-order valence-corrected chi connectivity index (χ3v) is 3.62. The third-order valence-electron chi connectivity index (χ3n) is 3.62. The molecule has 2 aliphatic rings. The lowest BCUT2D eigenvalue weighted by atomic mass is 10.0. The van der Waals surface area contributed by atoms with Crippen molar-refractivity contribution in [1.82, 2.24) is 4.90 Å². The van der Waals surface area contributed by atoms with Gasteiger partial charge in [0.2, 0.25) is 0 Å². The van der Waals surface area contributed by atoms with E-state index in [0.717, 1.165) is 32.2 Å². The summed E-state index contributed by atoms with van der Waals surface area (Å²) in [7, 11) is 0. The van der Waals surface area contributed by atoms with Crippen LogP contribution in [0.3, 0.4) is 0 Å². The molecule has 2 saturated carbocycles. The molecule has 2 fully saturated rings. The summed E-state index contributed by atoms with van der Waals surface area (Å²) in [5.41, 5.74) is -0.621. The van der Waals surface area contributed by atoms with Crippen LogP contribution in [0.25, 0.3) is 0 Å². The van der Waals surface area contributed by atoms with Crippen LogP contribution in [0, 0.1) is 5.92 Å². The van der Waals surface area contributed by atoms with E-state index in [4.69, 9.17) is 5.11 Å². The van der Waals surface area contributed by atoms with E-state index in [1.54, 1.807) is 0 Å². The SMILES string of the molecule is O=C(O)CN(CC1CC1)CC1(O)CCCC1. The van der Waals surface area contributed by atoms with Gasteiger partial charge in [-0.2, -0.15) is 0 Å². The second-order valence-electron chi connectivity index (χ2n) is 5.44. The molecule has 0 bridgehead atoms. The van der Waals surface area contributed by atoms with E-state index in [1.807, 2.05) is 4.90 Å². The molecule has 0 radical (unpaired) electrons. The van der Waals surface area contributed by atoms with Crippen LogP contribution in [0.1, 0.15) is 38.5 Å². The minimum Gasteiger partial charge on any atom is -0.480 e. The van der Waals surface area contributed by atoms with Crippen molar-refractivity contribution in [3.05, 3.63) is 0 Å². The maximum absolute atomic E-state index is 10.8. The Morgan fingerprint density at radius 2 is 1.94 bits per heavy atom. The first-order valence-electron chi connectivity index (χ1n) is 6.24. The minimum absolute atomic E-state index is 0.0683. The molecule has 4 nitrogen and oxygen atoms in total. The predicted molar refractivity (Wildman–Crippen MR) is 60.2 cm³/mol.